The van der Waals surface area contributed by atoms with Crippen LogP contribution in [0.25, 0.3) is 0 Å². The molecule has 0 bridgehead atoms. The summed E-state index contributed by atoms with van der Waals surface area (Å²) < 4.78 is 2.20. The molecule has 0 spiro atoms. The van der Waals surface area contributed by atoms with Crippen LogP contribution < -0.4 is 0 Å². The molecule has 4 heteroatoms. The first-order valence-electron chi connectivity index (χ1n) is 10.8. The van der Waals surface area contributed by atoms with Crippen LogP contribution in [0.15, 0.2) is 12.4 Å². The van der Waals surface area contributed by atoms with Crippen LogP contribution in [0, 0.1) is 11.8 Å². The number of hydrogen-bond acceptors (Lipinski definition) is 3. The van der Waals surface area contributed by atoms with E-state index in [0.717, 1.165) is 19.3 Å². The van der Waals surface area contributed by atoms with Gasteiger partial charge in [0.05, 0.1) is 12.2 Å². The van der Waals surface area contributed by atoms with Gasteiger partial charge in [-0.15, -0.1) is 0 Å². The van der Waals surface area contributed by atoms with Crippen LogP contribution in [-0.2, 0) is 4.79 Å². The summed E-state index contributed by atoms with van der Waals surface area (Å²) in [5.74, 6) is 1.65. The maximum absolute atomic E-state index is 12.4. The van der Waals surface area contributed by atoms with Crippen LogP contribution in [0.5, 0.6) is 0 Å². The number of piperidine rings is 1. The van der Waals surface area contributed by atoms with Crippen molar-refractivity contribution in [2.45, 2.75) is 90.6 Å². The molecule has 1 atom stereocenters. The number of nitrogens with zero attached hydrogens (tertiary/aromatic N) is 3. The van der Waals surface area contributed by atoms with Crippen LogP contribution in [0.4, 0.5) is 0 Å². The molecule has 0 N–H and O–H groups in total. The number of carbonyl (C=O) groups is 1. The molecule has 1 aromatic rings. The van der Waals surface area contributed by atoms with E-state index in [1.807, 2.05) is 6.20 Å². The molecular formula is C22H37N3O. The zero-order valence-electron chi connectivity index (χ0n) is 17.2. The molecule has 2 fully saturated rings. The minimum Gasteiger partial charge on any atom is -0.300 e. The van der Waals surface area contributed by atoms with Gasteiger partial charge in [-0.25, -0.2) is 0 Å². The summed E-state index contributed by atoms with van der Waals surface area (Å²) in [6, 6.07) is 1.25. The Balaban J connectivity index is 1.46. The molecule has 2 heterocycles. The third-order valence-corrected chi connectivity index (χ3v) is 6.87. The monoisotopic (exact) mass is 359 g/mol. The van der Waals surface area contributed by atoms with E-state index >= 15 is 0 Å². The Hall–Kier alpha value is -1.16. The Morgan fingerprint density at radius 3 is 2.27 bits per heavy atom. The fraction of sp³-hybridized carbons (Fsp3) is 0.818. The second-order valence-corrected chi connectivity index (χ2v) is 8.89. The predicted octanol–water partition coefficient (Wildman–Crippen LogP) is 4.82. The SMILES string of the molecule is CCC(C)C(=O)C1CCC(N2CCC(n3cc(C(C)C)cn3)CC2)CC1. The zero-order chi connectivity index (χ0) is 18.7. The second kappa shape index (κ2) is 8.69. The van der Waals surface area contributed by atoms with Crippen molar-refractivity contribution in [2.24, 2.45) is 11.8 Å². The Bertz CT molecular complexity index is 578. The third kappa shape index (κ3) is 4.39. The highest BCUT2D eigenvalue weighted by Gasteiger charge is 2.32. The van der Waals surface area contributed by atoms with Crippen molar-refractivity contribution < 1.29 is 4.79 Å². The largest absolute Gasteiger partial charge is 0.300 e. The summed E-state index contributed by atoms with van der Waals surface area (Å²) >= 11 is 0. The molecule has 0 aromatic carbocycles. The topological polar surface area (TPSA) is 38.1 Å². The fourth-order valence-electron chi connectivity index (χ4n) is 4.70. The van der Waals surface area contributed by atoms with Crippen molar-refractivity contribution in [1.29, 1.82) is 0 Å². The smallest absolute Gasteiger partial charge is 0.138 e. The summed E-state index contributed by atoms with van der Waals surface area (Å²) in [5, 5.41) is 4.61. The Morgan fingerprint density at radius 2 is 1.73 bits per heavy atom. The van der Waals surface area contributed by atoms with Crippen LogP contribution >= 0.6 is 0 Å². The Morgan fingerprint density at radius 1 is 1.08 bits per heavy atom. The summed E-state index contributed by atoms with van der Waals surface area (Å²) in [5.41, 5.74) is 1.34. The molecule has 1 saturated carbocycles. The first-order chi connectivity index (χ1) is 12.5. The highest BCUT2D eigenvalue weighted by Crippen LogP contribution is 2.33. The van der Waals surface area contributed by atoms with Gasteiger partial charge in [-0.1, -0.05) is 27.7 Å². The lowest BCUT2D eigenvalue weighted by molar-refractivity contribution is -0.127. The van der Waals surface area contributed by atoms with Crippen LogP contribution in [0.3, 0.4) is 0 Å². The van der Waals surface area contributed by atoms with Gasteiger partial charge in [0.25, 0.3) is 0 Å². The zero-order valence-corrected chi connectivity index (χ0v) is 17.2. The molecule has 0 amide bonds. The van der Waals surface area contributed by atoms with Gasteiger partial charge in [-0.2, -0.15) is 5.10 Å². The third-order valence-electron chi connectivity index (χ3n) is 6.87. The lowest BCUT2D eigenvalue weighted by Crippen LogP contribution is -2.44. The van der Waals surface area contributed by atoms with E-state index in [4.69, 9.17) is 0 Å². The van der Waals surface area contributed by atoms with E-state index in [2.05, 4.69) is 48.6 Å². The molecule has 26 heavy (non-hydrogen) atoms. The van der Waals surface area contributed by atoms with Gasteiger partial charge in [0.2, 0.25) is 0 Å². The number of carbonyl (C=O) groups excluding carboxylic acids is 1. The van der Waals surface area contributed by atoms with Gasteiger partial charge in [-0.05, 0) is 56.4 Å². The highest BCUT2D eigenvalue weighted by atomic mass is 16.1. The van der Waals surface area contributed by atoms with Crippen LogP contribution in [0.1, 0.15) is 90.2 Å². The van der Waals surface area contributed by atoms with Gasteiger partial charge in [0.1, 0.15) is 5.78 Å². The molecule has 1 unspecified atom stereocenters. The molecule has 1 aliphatic heterocycles. The standard InChI is InChI=1S/C22H37N3O/c1-5-17(4)22(26)18-6-8-20(9-7-18)24-12-10-21(11-13-24)25-15-19(14-23-25)16(2)3/h14-18,20-21H,5-13H2,1-4H3. The molecule has 3 rings (SSSR count). The number of aromatic nitrogens is 2. The normalized spacial score (nSPS) is 27.0. The Kier molecular flexibility index (Phi) is 6.55. The maximum Gasteiger partial charge on any atom is 0.138 e. The maximum atomic E-state index is 12.4. The minimum atomic E-state index is 0.247. The van der Waals surface area contributed by atoms with Crippen molar-refractivity contribution in [3.63, 3.8) is 0 Å². The van der Waals surface area contributed by atoms with Crippen molar-refractivity contribution in [2.75, 3.05) is 13.1 Å². The van der Waals surface area contributed by atoms with E-state index < -0.39 is 0 Å². The first-order valence-corrected chi connectivity index (χ1v) is 10.8. The van der Waals surface area contributed by atoms with Crippen molar-refractivity contribution >= 4 is 5.78 Å². The molecule has 0 radical (unpaired) electrons. The lowest BCUT2D eigenvalue weighted by atomic mass is 9.79. The van der Waals surface area contributed by atoms with E-state index in [1.165, 1.54) is 44.3 Å². The van der Waals surface area contributed by atoms with Gasteiger partial charge < -0.3 is 4.90 Å². The minimum absolute atomic E-state index is 0.247. The lowest BCUT2D eigenvalue weighted by Gasteiger charge is -2.40. The summed E-state index contributed by atoms with van der Waals surface area (Å²) in [6.07, 6.45) is 12.3. The second-order valence-electron chi connectivity index (χ2n) is 8.89. The van der Waals surface area contributed by atoms with Crippen molar-refractivity contribution in [3.05, 3.63) is 18.0 Å². The molecule has 1 saturated heterocycles. The summed E-state index contributed by atoms with van der Waals surface area (Å²) in [7, 11) is 0. The number of rotatable bonds is 6. The molecular weight excluding hydrogens is 322 g/mol. The number of likely N-dealkylation sites (tertiary alicyclic amines) is 1. The summed E-state index contributed by atoms with van der Waals surface area (Å²) in [6.45, 7) is 11.0. The molecule has 1 aromatic heterocycles. The highest BCUT2D eigenvalue weighted by molar-refractivity contribution is 5.83. The van der Waals surface area contributed by atoms with Crippen LogP contribution in [0.2, 0.25) is 0 Å². The number of ketones is 1. The molecule has 1 aliphatic carbocycles. The molecule has 4 nitrogen and oxygen atoms in total. The molecule has 146 valence electrons. The van der Waals surface area contributed by atoms with Crippen LogP contribution in [-0.4, -0.2) is 39.6 Å². The summed E-state index contributed by atoms with van der Waals surface area (Å²) in [4.78, 5) is 15.1. The fourth-order valence-corrected chi connectivity index (χ4v) is 4.70. The van der Waals surface area contributed by atoms with E-state index in [9.17, 15) is 4.79 Å². The molecule has 2 aliphatic rings. The first kappa shape index (κ1) is 19.6. The van der Waals surface area contributed by atoms with Crippen molar-refractivity contribution in [1.82, 2.24) is 14.7 Å². The van der Waals surface area contributed by atoms with Gasteiger partial charge in [0.15, 0.2) is 0 Å². The average molecular weight is 360 g/mol. The van der Waals surface area contributed by atoms with E-state index in [-0.39, 0.29) is 5.92 Å². The number of hydrogen-bond donors (Lipinski definition) is 0. The van der Waals surface area contributed by atoms with Gasteiger partial charge in [0, 0.05) is 37.2 Å². The average Bonchev–Trinajstić information content (AvgIpc) is 3.17. The van der Waals surface area contributed by atoms with Crippen molar-refractivity contribution in [3.8, 4) is 0 Å². The quantitative estimate of drug-likeness (QED) is 0.731. The van der Waals surface area contributed by atoms with Gasteiger partial charge >= 0.3 is 0 Å². The van der Waals surface area contributed by atoms with E-state index in [0.29, 0.717) is 29.7 Å². The predicted molar refractivity (Wildman–Crippen MR) is 106 cm³/mol. The number of Topliss-reactive ketones (excluding diaryl/α,β-unsaturated/α-hetero) is 1. The van der Waals surface area contributed by atoms with Gasteiger partial charge in [-0.3, -0.25) is 9.48 Å². The van der Waals surface area contributed by atoms with E-state index in [1.54, 1.807) is 0 Å². The Labute approximate surface area is 159 Å².